The van der Waals surface area contributed by atoms with Crippen LogP contribution < -0.4 is 4.74 Å². The summed E-state index contributed by atoms with van der Waals surface area (Å²) in [5.74, 6) is 2.28. The summed E-state index contributed by atoms with van der Waals surface area (Å²) in [4.78, 5) is 4.07. The van der Waals surface area contributed by atoms with Crippen LogP contribution in [-0.2, 0) is 12.0 Å². The summed E-state index contributed by atoms with van der Waals surface area (Å²) in [7, 11) is 0. The van der Waals surface area contributed by atoms with Crippen molar-refractivity contribution in [3.63, 3.8) is 0 Å². The van der Waals surface area contributed by atoms with Gasteiger partial charge in [0.15, 0.2) is 11.5 Å². The number of nitrogens with zero attached hydrogens (tertiary/aromatic N) is 7. The lowest BCUT2D eigenvalue weighted by atomic mass is 9.88. The van der Waals surface area contributed by atoms with Gasteiger partial charge in [-0.05, 0) is 12.3 Å². The maximum absolute atomic E-state index is 5.92. The summed E-state index contributed by atoms with van der Waals surface area (Å²) in [5.41, 5.74) is 2.06. The highest BCUT2D eigenvalue weighted by molar-refractivity contribution is 5.64. The van der Waals surface area contributed by atoms with Gasteiger partial charge in [0.1, 0.15) is 18.7 Å². The lowest BCUT2D eigenvalue weighted by Crippen LogP contribution is -2.13. The number of fused-ring (bicyclic) bond motifs is 1. The second kappa shape index (κ2) is 5.90. The molecular formula is C16H18N8O2. The molecule has 0 saturated carbocycles. The van der Waals surface area contributed by atoms with E-state index in [0.717, 1.165) is 11.1 Å². The maximum Gasteiger partial charge on any atom is 0.238 e. The van der Waals surface area contributed by atoms with Gasteiger partial charge in [0, 0.05) is 11.6 Å². The summed E-state index contributed by atoms with van der Waals surface area (Å²) >= 11 is 0. The third kappa shape index (κ3) is 2.79. The molecule has 0 aliphatic rings. The molecular weight excluding hydrogens is 336 g/mol. The van der Waals surface area contributed by atoms with Gasteiger partial charge >= 0.3 is 0 Å². The van der Waals surface area contributed by atoms with Crippen LogP contribution in [0.1, 0.15) is 37.9 Å². The largest absolute Gasteiger partial charge is 0.468 e. The molecule has 26 heavy (non-hydrogen) atoms. The molecule has 4 aromatic rings. The van der Waals surface area contributed by atoms with Crippen LogP contribution in [-0.4, -0.2) is 40.1 Å². The van der Waals surface area contributed by atoms with Crippen LogP contribution in [0.2, 0.25) is 0 Å². The van der Waals surface area contributed by atoms with E-state index in [4.69, 9.17) is 9.26 Å². The molecule has 0 aliphatic carbocycles. The van der Waals surface area contributed by atoms with Gasteiger partial charge in [-0.3, -0.25) is 5.10 Å². The summed E-state index contributed by atoms with van der Waals surface area (Å²) < 4.78 is 12.8. The first kappa shape index (κ1) is 16.2. The molecule has 0 saturated heterocycles. The minimum absolute atomic E-state index is 0.224. The Morgan fingerprint density at radius 3 is 2.81 bits per heavy atom. The second-order valence-electron chi connectivity index (χ2n) is 6.94. The smallest absolute Gasteiger partial charge is 0.238 e. The minimum atomic E-state index is -0.224. The minimum Gasteiger partial charge on any atom is -0.468 e. The van der Waals surface area contributed by atoms with Crippen LogP contribution in [0.5, 0.6) is 5.88 Å². The molecule has 1 N–H and O–H groups in total. The van der Waals surface area contributed by atoms with Crippen LogP contribution in [0, 0.1) is 6.92 Å². The van der Waals surface area contributed by atoms with Crippen molar-refractivity contribution in [1.82, 2.24) is 40.1 Å². The molecule has 0 aliphatic heterocycles. The molecule has 134 valence electrons. The summed E-state index contributed by atoms with van der Waals surface area (Å²) in [6.45, 7) is 8.31. The van der Waals surface area contributed by atoms with Crippen LogP contribution in [0.4, 0.5) is 0 Å². The molecule has 0 amide bonds. The average molecular weight is 354 g/mol. The van der Waals surface area contributed by atoms with Crippen molar-refractivity contribution in [2.45, 2.75) is 39.7 Å². The van der Waals surface area contributed by atoms with E-state index in [-0.39, 0.29) is 12.0 Å². The molecule has 0 atom stereocenters. The van der Waals surface area contributed by atoms with E-state index in [1.807, 2.05) is 6.92 Å². The van der Waals surface area contributed by atoms with Gasteiger partial charge in [-0.1, -0.05) is 25.9 Å². The molecule has 0 radical (unpaired) electrons. The van der Waals surface area contributed by atoms with Gasteiger partial charge in [0.05, 0.1) is 11.7 Å². The van der Waals surface area contributed by atoms with E-state index in [1.54, 1.807) is 16.8 Å². The standard InChI is InChI=1S/C16H18N8O2/c1-9-5-10(23-26-9)14-21-18-6-11-13(16(2,3)4)15(22-24(11)14)25-7-12-17-8-19-20-12/h5-6,8H,7H2,1-4H3,(H,17,19,20). The van der Waals surface area contributed by atoms with Crippen molar-refractivity contribution < 1.29 is 9.26 Å². The Bertz CT molecular complexity index is 1040. The molecule has 10 heteroatoms. The highest BCUT2D eigenvalue weighted by atomic mass is 16.5. The predicted octanol–water partition coefficient (Wildman–Crippen LogP) is 2.08. The van der Waals surface area contributed by atoms with Gasteiger partial charge < -0.3 is 9.26 Å². The Balaban J connectivity index is 1.85. The van der Waals surface area contributed by atoms with Crippen molar-refractivity contribution in [3.05, 3.63) is 35.7 Å². The van der Waals surface area contributed by atoms with E-state index in [1.165, 1.54) is 6.33 Å². The van der Waals surface area contributed by atoms with Crippen molar-refractivity contribution in [3.8, 4) is 17.4 Å². The predicted molar refractivity (Wildman–Crippen MR) is 90.4 cm³/mol. The molecule has 0 spiro atoms. The second-order valence-corrected chi connectivity index (χ2v) is 6.94. The number of aryl methyl sites for hydroxylation is 1. The lowest BCUT2D eigenvalue weighted by Gasteiger charge is -2.18. The molecule has 10 nitrogen and oxygen atoms in total. The fraction of sp³-hybridized carbons (Fsp3) is 0.375. The van der Waals surface area contributed by atoms with E-state index in [2.05, 4.69) is 56.4 Å². The molecule has 4 aromatic heterocycles. The van der Waals surface area contributed by atoms with E-state index in [0.29, 0.717) is 29.0 Å². The fourth-order valence-corrected chi connectivity index (χ4v) is 2.75. The highest BCUT2D eigenvalue weighted by Gasteiger charge is 2.28. The normalized spacial score (nSPS) is 12.0. The number of hydrogen-bond donors (Lipinski definition) is 1. The van der Waals surface area contributed by atoms with Gasteiger partial charge in [0.25, 0.3) is 0 Å². The number of H-pyrrole nitrogens is 1. The van der Waals surface area contributed by atoms with Gasteiger partial charge in [-0.25, -0.2) is 9.50 Å². The summed E-state index contributed by atoms with van der Waals surface area (Å²) in [6, 6.07) is 1.79. The highest BCUT2D eigenvalue weighted by Crippen LogP contribution is 2.35. The Hall–Kier alpha value is -3.30. The first-order chi connectivity index (χ1) is 12.4. The molecule has 0 bridgehead atoms. The van der Waals surface area contributed by atoms with Crippen LogP contribution in [0.3, 0.4) is 0 Å². The summed E-state index contributed by atoms with van der Waals surface area (Å²) in [6.07, 6.45) is 3.11. The Kier molecular flexibility index (Phi) is 3.67. The molecule has 0 unspecified atom stereocenters. The number of aromatic amines is 1. The van der Waals surface area contributed by atoms with Crippen LogP contribution in [0.25, 0.3) is 17.0 Å². The zero-order chi connectivity index (χ0) is 18.3. The zero-order valence-electron chi connectivity index (χ0n) is 14.9. The summed E-state index contributed by atoms with van der Waals surface area (Å²) in [5, 5.41) is 23.5. The van der Waals surface area contributed by atoms with E-state index < -0.39 is 0 Å². The lowest BCUT2D eigenvalue weighted by molar-refractivity contribution is 0.276. The fourth-order valence-electron chi connectivity index (χ4n) is 2.75. The number of ether oxygens (including phenoxy) is 1. The van der Waals surface area contributed by atoms with Gasteiger partial charge in [-0.2, -0.15) is 10.2 Å². The first-order valence-corrected chi connectivity index (χ1v) is 8.09. The van der Waals surface area contributed by atoms with E-state index >= 15 is 0 Å². The van der Waals surface area contributed by atoms with Gasteiger partial charge in [-0.15, -0.1) is 10.2 Å². The van der Waals surface area contributed by atoms with Crippen molar-refractivity contribution in [2.24, 2.45) is 0 Å². The third-order valence-corrected chi connectivity index (χ3v) is 3.84. The number of hydrogen-bond acceptors (Lipinski definition) is 8. The van der Waals surface area contributed by atoms with Crippen molar-refractivity contribution in [1.29, 1.82) is 0 Å². The Morgan fingerprint density at radius 2 is 2.15 bits per heavy atom. The molecule has 0 aromatic carbocycles. The van der Waals surface area contributed by atoms with Crippen molar-refractivity contribution in [2.75, 3.05) is 0 Å². The maximum atomic E-state index is 5.92. The monoisotopic (exact) mass is 354 g/mol. The third-order valence-electron chi connectivity index (χ3n) is 3.84. The number of nitrogens with one attached hydrogen (secondary N) is 1. The molecule has 4 rings (SSSR count). The van der Waals surface area contributed by atoms with E-state index in [9.17, 15) is 0 Å². The van der Waals surface area contributed by atoms with Crippen LogP contribution >= 0.6 is 0 Å². The Labute approximate surface area is 148 Å². The molecule has 4 heterocycles. The van der Waals surface area contributed by atoms with Crippen LogP contribution in [0.15, 0.2) is 23.1 Å². The quantitative estimate of drug-likeness (QED) is 0.591. The topological polar surface area (TPSA) is 120 Å². The number of aromatic nitrogens is 8. The average Bonchev–Trinajstić information content (AvgIpc) is 3.30. The Morgan fingerprint density at radius 1 is 1.31 bits per heavy atom. The SMILES string of the molecule is Cc1cc(-c2nncc3c(C(C)(C)C)c(OCc4ncn[nH]4)nn23)no1. The van der Waals surface area contributed by atoms with Crippen molar-refractivity contribution >= 4 is 5.52 Å². The zero-order valence-corrected chi connectivity index (χ0v) is 14.9. The molecule has 0 fully saturated rings. The van der Waals surface area contributed by atoms with Gasteiger partial charge in [0.2, 0.25) is 11.7 Å². The number of rotatable bonds is 4. The first-order valence-electron chi connectivity index (χ1n) is 8.09.